The predicted octanol–water partition coefficient (Wildman–Crippen LogP) is 4.46. The fourth-order valence-corrected chi connectivity index (χ4v) is 4.27. The average Bonchev–Trinajstić information content (AvgIpc) is 3.14. The average molecular weight is 320 g/mol. The second kappa shape index (κ2) is 5.06. The molecule has 0 saturated heterocycles. The van der Waals surface area contributed by atoms with Gasteiger partial charge in [-0.2, -0.15) is 0 Å². The molecule has 1 aromatic carbocycles. The normalized spacial score (nSPS) is 20.7. The highest BCUT2D eigenvalue weighted by atomic mass is 32.1. The van der Waals surface area contributed by atoms with Crippen molar-refractivity contribution in [2.45, 2.75) is 24.9 Å². The molecular weight excluding hydrogens is 304 g/mol. The minimum Gasteiger partial charge on any atom is -0.359 e. The number of anilines is 1. The number of benzene rings is 1. The smallest absolute Gasteiger partial charge is 0.184 e. The third-order valence-corrected chi connectivity index (χ3v) is 5.57. The van der Waals surface area contributed by atoms with Gasteiger partial charge in [0.1, 0.15) is 5.65 Å². The molecule has 3 aromatic heterocycles. The molecule has 1 fully saturated rings. The number of pyridine rings is 1. The standard InChI is InChI=1S/C18H16N4S/c1-2-6-16-15(5-1)21-18(23-16)20-13-10-14(11-13)22-9-7-12-4-3-8-19-17(12)22/h1-9,13-14H,10-11H2,(H,20,21)/t13-,14-. The minimum absolute atomic E-state index is 0.502. The van der Waals surface area contributed by atoms with Crippen LogP contribution in [0.1, 0.15) is 18.9 Å². The van der Waals surface area contributed by atoms with Crippen LogP contribution in [0.25, 0.3) is 21.3 Å². The third-order valence-electron chi connectivity index (χ3n) is 4.60. The molecule has 1 aliphatic rings. The van der Waals surface area contributed by atoms with E-state index in [0.29, 0.717) is 12.1 Å². The van der Waals surface area contributed by atoms with Crippen LogP contribution < -0.4 is 5.32 Å². The third kappa shape index (κ3) is 2.19. The number of hydrogen-bond donors (Lipinski definition) is 1. The van der Waals surface area contributed by atoms with Crippen molar-refractivity contribution in [2.75, 3.05) is 5.32 Å². The molecule has 0 bridgehead atoms. The van der Waals surface area contributed by atoms with Crippen LogP contribution in [0, 0.1) is 0 Å². The zero-order valence-electron chi connectivity index (χ0n) is 12.5. The largest absolute Gasteiger partial charge is 0.359 e. The molecule has 5 heteroatoms. The summed E-state index contributed by atoms with van der Waals surface area (Å²) in [7, 11) is 0. The maximum Gasteiger partial charge on any atom is 0.184 e. The van der Waals surface area contributed by atoms with Gasteiger partial charge in [-0.05, 0) is 43.2 Å². The van der Waals surface area contributed by atoms with Crippen molar-refractivity contribution in [2.24, 2.45) is 0 Å². The van der Waals surface area contributed by atoms with Gasteiger partial charge >= 0.3 is 0 Å². The molecule has 1 aliphatic carbocycles. The minimum atomic E-state index is 0.502. The summed E-state index contributed by atoms with van der Waals surface area (Å²) < 4.78 is 3.55. The van der Waals surface area contributed by atoms with Gasteiger partial charge in [0.25, 0.3) is 0 Å². The molecule has 1 N–H and O–H groups in total. The number of para-hydroxylation sites is 1. The van der Waals surface area contributed by atoms with Crippen molar-refractivity contribution in [3.63, 3.8) is 0 Å². The van der Waals surface area contributed by atoms with E-state index >= 15 is 0 Å². The Balaban J connectivity index is 1.31. The molecule has 0 unspecified atom stereocenters. The molecule has 114 valence electrons. The van der Waals surface area contributed by atoms with Gasteiger partial charge in [0.05, 0.1) is 10.2 Å². The monoisotopic (exact) mass is 320 g/mol. The van der Waals surface area contributed by atoms with Crippen molar-refractivity contribution in [3.8, 4) is 0 Å². The van der Waals surface area contributed by atoms with Gasteiger partial charge in [-0.15, -0.1) is 0 Å². The van der Waals surface area contributed by atoms with Crippen LogP contribution in [0.15, 0.2) is 54.9 Å². The Morgan fingerprint density at radius 1 is 1.09 bits per heavy atom. The lowest BCUT2D eigenvalue weighted by Gasteiger charge is -2.36. The number of fused-ring (bicyclic) bond motifs is 2. The summed E-state index contributed by atoms with van der Waals surface area (Å²) in [5.41, 5.74) is 2.17. The molecule has 4 nitrogen and oxygen atoms in total. The lowest BCUT2D eigenvalue weighted by atomic mass is 9.86. The summed E-state index contributed by atoms with van der Waals surface area (Å²) in [4.78, 5) is 9.17. The highest BCUT2D eigenvalue weighted by Gasteiger charge is 2.31. The molecule has 0 spiro atoms. The predicted molar refractivity (Wildman–Crippen MR) is 95.0 cm³/mol. The first-order valence-electron chi connectivity index (χ1n) is 7.90. The number of rotatable bonds is 3. The van der Waals surface area contributed by atoms with Crippen LogP contribution in [0.3, 0.4) is 0 Å². The quantitative estimate of drug-likeness (QED) is 0.606. The Kier molecular flexibility index (Phi) is 2.88. The Bertz CT molecular complexity index is 948. The second-order valence-corrected chi connectivity index (χ2v) is 7.12. The van der Waals surface area contributed by atoms with E-state index in [2.05, 4.69) is 56.4 Å². The fraction of sp³-hybridized carbons (Fsp3) is 0.222. The summed E-state index contributed by atoms with van der Waals surface area (Å²) in [6.07, 6.45) is 6.27. The molecule has 3 heterocycles. The van der Waals surface area contributed by atoms with Crippen LogP contribution in [0.5, 0.6) is 0 Å². The zero-order chi connectivity index (χ0) is 15.2. The van der Waals surface area contributed by atoms with E-state index < -0.39 is 0 Å². The van der Waals surface area contributed by atoms with Crippen molar-refractivity contribution in [3.05, 3.63) is 54.9 Å². The Morgan fingerprint density at radius 3 is 2.91 bits per heavy atom. The topological polar surface area (TPSA) is 42.7 Å². The maximum absolute atomic E-state index is 4.66. The SMILES string of the molecule is c1cnc2c(c1)ccn2[C@H]1C[C@H](Nc2nc3ccccc3s2)C1. The molecule has 0 radical (unpaired) electrons. The van der Waals surface area contributed by atoms with Gasteiger partial charge in [0.15, 0.2) is 5.13 Å². The number of nitrogens with zero attached hydrogens (tertiary/aromatic N) is 3. The van der Waals surface area contributed by atoms with Gasteiger partial charge in [-0.1, -0.05) is 23.5 Å². The molecule has 0 amide bonds. The molecule has 23 heavy (non-hydrogen) atoms. The summed E-state index contributed by atoms with van der Waals surface area (Å²) >= 11 is 1.73. The van der Waals surface area contributed by atoms with E-state index in [-0.39, 0.29) is 0 Å². The van der Waals surface area contributed by atoms with E-state index in [1.807, 2.05) is 18.3 Å². The molecule has 0 atom stereocenters. The summed E-state index contributed by atoms with van der Waals surface area (Å²) in [5.74, 6) is 0. The number of hydrogen-bond acceptors (Lipinski definition) is 4. The van der Waals surface area contributed by atoms with E-state index in [4.69, 9.17) is 0 Å². The van der Waals surface area contributed by atoms with Crippen LogP contribution in [-0.4, -0.2) is 20.6 Å². The maximum atomic E-state index is 4.66. The first-order chi connectivity index (χ1) is 11.4. The zero-order valence-corrected chi connectivity index (χ0v) is 13.3. The van der Waals surface area contributed by atoms with Crippen molar-refractivity contribution in [1.29, 1.82) is 0 Å². The first kappa shape index (κ1) is 13.1. The first-order valence-corrected chi connectivity index (χ1v) is 8.72. The van der Waals surface area contributed by atoms with E-state index in [0.717, 1.165) is 29.1 Å². The molecule has 0 aliphatic heterocycles. The van der Waals surface area contributed by atoms with E-state index in [1.54, 1.807) is 11.3 Å². The van der Waals surface area contributed by atoms with Gasteiger partial charge in [-0.25, -0.2) is 9.97 Å². The second-order valence-electron chi connectivity index (χ2n) is 6.09. The van der Waals surface area contributed by atoms with Crippen molar-refractivity contribution < 1.29 is 0 Å². The Hall–Kier alpha value is -2.40. The highest BCUT2D eigenvalue weighted by Crippen LogP contribution is 2.37. The van der Waals surface area contributed by atoms with Gasteiger partial charge in [0, 0.05) is 29.9 Å². The number of thiazole rings is 1. The Morgan fingerprint density at radius 2 is 2.00 bits per heavy atom. The molecule has 1 saturated carbocycles. The van der Waals surface area contributed by atoms with E-state index in [1.165, 1.54) is 10.1 Å². The lowest BCUT2D eigenvalue weighted by molar-refractivity contribution is 0.288. The molecule has 5 rings (SSSR count). The van der Waals surface area contributed by atoms with Gasteiger partial charge in [-0.3, -0.25) is 0 Å². The number of nitrogens with one attached hydrogen (secondary N) is 1. The Labute approximate surface area is 137 Å². The fourth-order valence-electron chi connectivity index (χ4n) is 3.32. The summed E-state index contributed by atoms with van der Waals surface area (Å²) in [6.45, 7) is 0. The lowest BCUT2D eigenvalue weighted by Crippen LogP contribution is -2.36. The van der Waals surface area contributed by atoms with Crippen molar-refractivity contribution in [1.82, 2.24) is 14.5 Å². The van der Waals surface area contributed by atoms with Crippen molar-refractivity contribution >= 4 is 37.7 Å². The highest BCUT2D eigenvalue weighted by molar-refractivity contribution is 7.22. The molecular formula is C18H16N4S. The van der Waals surface area contributed by atoms with Crippen LogP contribution in [0.2, 0.25) is 0 Å². The summed E-state index contributed by atoms with van der Waals surface area (Å²) in [5, 5.41) is 5.83. The summed E-state index contributed by atoms with van der Waals surface area (Å²) in [6, 6.07) is 15.6. The van der Waals surface area contributed by atoms with Gasteiger partial charge in [0.2, 0.25) is 0 Å². The van der Waals surface area contributed by atoms with Gasteiger partial charge < -0.3 is 9.88 Å². The van der Waals surface area contributed by atoms with E-state index in [9.17, 15) is 0 Å². The van der Waals surface area contributed by atoms with Crippen LogP contribution in [-0.2, 0) is 0 Å². The van der Waals surface area contributed by atoms with Crippen LogP contribution >= 0.6 is 11.3 Å². The number of aromatic nitrogens is 3. The van der Waals surface area contributed by atoms with Crippen LogP contribution in [0.4, 0.5) is 5.13 Å². The molecule has 4 aromatic rings.